The molecule has 4 rings (SSSR count). The fourth-order valence-corrected chi connectivity index (χ4v) is 3.67. The summed E-state index contributed by atoms with van der Waals surface area (Å²) in [4.78, 5) is 18.8. The van der Waals surface area contributed by atoms with Crippen molar-refractivity contribution in [3.05, 3.63) is 64.6 Å². The third-order valence-electron chi connectivity index (χ3n) is 4.90. The Morgan fingerprint density at radius 2 is 2.04 bits per heavy atom. The number of aryl methyl sites for hydroxylation is 2. The van der Waals surface area contributed by atoms with E-state index < -0.39 is 0 Å². The number of carbonyl (C=O) groups excluding carboxylic acids is 1. The van der Waals surface area contributed by atoms with Crippen molar-refractivity contribution >= 4 is 11.6 Å². The molecule has 0 saturated carbocycles. The molecule has 1 aliphatic rings. The van der Waals surface area contributed by atoms with Gasteiger partial charge in [0.2, 0.25) is 5.91 Å². The largest absolute Gasteiger partial charge is 0.368 e. The molecule has 1 amide bonds. The number of amides is 1. The number of hydrogen-bond acceptors (Lipinski definition) is 4. The Labute approximate surface area is 146 Å². The first-order chi connectivity index (χ1) is 12.0. The summed E-state index contributed by atoms with van der Waals surface area (Å²) in [6.45, 7) is 5.29. The molecule has 3 heterocycles. The number of aromatic nitrogens is 3. The predicted molar refractivity (Wildman–Crippen MR) is 94.8 cm³/mol. The summed E-state index contributed by atoms with van der Waals surface area (Å²) in [5.74, 6) is -0.286. The molecule has 6 nitrogen and oxygen atoms in total. The van der Waals surface area contributed by atoms with Gasteiger partial charge in [0, 0.05) is 30.0 Å². The van der Waals surface area contributed by atoms with E-state index in [9.17, 15) is 4.79 Å². The maximum absolute atomic E-state index is 12.0. The summed E-state index contributed by atoms with van der Waals surface area (Å²) in [5, 5.41) is 4.45. The van der Waals surface area contributed by atoms with Crippen LogP contribution in [0, 0.1) is 13.8 Å². The Bertz CT molecular complexity index is 962. The minimum absolute atomic E-state index is 0.286. The molecule has 0 saturated heterocycles. The zero-order valence-electron chi connectivity index (χ0n) is 14.4. The number of nitrogens with zero attached hydrogens (tertiary/aromatic N) is 4. The maximum atomic E-state index is 12.0. The first-order valence-corrected chi connectivity index (χ1v) is 8.44. The van der Waals surface area contributed by atoms with Crippen LogP contribution in [0.25, 0.3) is 5.65 Å². The standard InChI is InChI=1S/C19H21N5O/c1-12-7-13(2)24-19(22-12)16(9-21-24)11-23-10-15-6-4-3-5-14(15)8-17(23)18(20)25/h3-7,9,17H,8,10-11H2,1-2H3,(H2,20,25)/t17-/m0/s1. The molecule has 0 spiro atoms. The number of rotatable bonds is 3. The van der Waals surface area contributed by atoms with Crippen molar-refractivity contribution in [3.8, 4) is 0 Å². The maximum Gasteiger partial charge on any atom is 0.235 e. The first kappa shape index (κ1) is 15.8. The molecule has 2 aromatic heterocycles. The van der Waals surface area contributed by atoms with Gasteiger partial charge in [0.25, 0.3) is 0 Å². The molecule has 1 aromatic carbocycles. The van der Waals surface area contributed by atoms with Crippen LogP contribution in [0.2, 0.25) is 0 Å². The summed E-state index contributed by atoms with van der Waals surface area (Å²) in [6, 6.07) is 9.93. The molecule has 6 heteroatoms. The SMILES string of the molecule is Cc1cc(C)n2ncc(CN3Cc4ccccc4C[C@H]3C(N)=O)c2n1. The molecule has 3 aromatic rings. The Kier molecular flexibility index (Phi) is 3.77. The summed E-state index contributed by atoms with van der Waals surface area (Å²) in [5.41, 5.74) is 12.0. The molecular weight excluding hydrogens is 314 g/mol. The highest BCUT2D eigenvalue weighted by atomic mass is 16.1. The Morgan fingerprint density at radius 3 is 2.80 bits per heavy atom. The van der Waals surface area contributed by atoms with Gasteiger partial charge in [-0.2, -0.15) is 5.10 Å². The van der Waals surface area contributed by atoms with E-state index >= 15 is 0 Å². The van der Waals surface area contributed by atoms with E-state index in [0.717, 1.165) is 22.6 Å². The quantitative estimate of drug-likeness (QED) is 0.791. The summed E-state index contributed by atoms with van der Waals surface area (Å²) < 4.78 is 1.85. The van der Waals surface area contributed by atoms with E-state index in [-0.39, 0.29) is 11.9 Å². The van der Waals surface area contributed by atoms with Gasteiger partial charge in [-0.25, -0.2) is 9.50 Å². The number of nitrogens with two attached hydrogens (primary N) is 1. The van der Waals surface area contributed by atoms with E-state index in [1.54, 1.807) is 0 Å². The van der Waals surface area contributed by atoms with Crippen molar-refractivity contribution in [1.29, 1.82) is 0 Å². The van der Waals surface area contributed by atoms with E-state index in [2.05, 4.69) is 27.1 Å². The average Bonchev–Trinajstić information content (AvgIpc) is 2.97. The number of fused-ring (bicyclic) bond motifs is 2. The highest BCUT2D eigenvalue weighted by Crippen LogP contribution is 2.26. The van der Waals surface area contributed by atoms with Crippen molar-refractivity contribution in [2.75, 3.05) is 0 Å². The van der Waals surface area contributed by atoms with Gasteiger partial charge in [-0.15, -0.1) is 0 Å². The fraction of sp³-hybridized carbons (Fsp3) is 0.316. The topological polar surface area (TPSA) is 76.5 Å². The lowest BCUT2D eigenvalue weighted by Crippen LogP contribution is -2.48. The van der Waals surface area contributed by atoms with Crippen LogP contribution < -0.4 is 5.73 Å². The molecule has 25 heavy (non-hydrogen) atoms. The van der Waals surface area contributed by atoms with Crippen molar-refractivity contribution < 1.29 is 4.79 Å². The van der Waals surface area contributed by atoms with Crippen molar-refractivity contribution in [1.82, 2.24) is 19.5 Å². The number of primary amides is 1. The van der Waals surface area contributed by atoms with E-state index in [4.69, 9.17) is 5.73 Å². The number of hydrogen-bond donors (Lipinski definition) is 1. The van der Waals surface area contributed by atoms with E-state index in [1.807, 2.05) is 42.8 Å². The van der Waals surface area contributed by atoms with Crippen LogP contribution in [-0.4, -0.2) is 31.4 Å². The normalized spacial score (nSPS) is 17.6. The van der Waals surface area contributed by atoms with Crippen LogP contribution in [0.5, 0.6) is 0 Å². The zero-order chi connectivity index (χ0) is 17.6. The Hall–Kier alpha value is -2.73. The predicted octanol–water partition coefficient (Wildman–Crippen LogP) is 1.76. The second-order valence-electron chi connectivity index (χ2n) is 6.74. The van der Waals surface area contributed by atoms with Gasteiger partial charge in [0.05, 0.1) is 12.2 Å². The number of carbonyl (C=O) groups is 1. The van der Waals surface area contributed by atoms with Gasteiger partial charge >= 0.3 is 0 Å². The lowest BCUT2D eigenvalue weighted by Gasteiger charge is -2.34. The zero-order valence-corrected chi connectivity index (χ0v) is 14.4. The van der Waals surface area contributed by atoms with Gasteiger partial charge in [-0.05, 0) is 37.5 Å². The summed E-state index contributed by atoms with van der Waals surface area (Å²) in [7, 11) is 0. The molecule has 0 bridgehead atoms. The van der Waals surface area contributed by atoms with Crippen LogP contribution in [-0.2, 0) is 24.3 Å². The van der Waals surface area contributed by atoms with Crippen LogP contribution in [0.4, 0.5) is 0 Å². The summed E-state index contributed by atoms with van der Waals surface area (Å²) >= 11 is 0. The van der Waals surface area contributed by atoms with Gasteiger partial charge < -0.3 is 5.73 Å². The monoisotopic (exact) mass is 335 g/mol. The molecule has 0 unspecified atom stereocenters. The van der Waals surface area contributed by atoms with Crippen molar-refractivity contribution in [3.63, 3.8) is 0 Å². The highest BCUT2D eigenvalue weighted by molar-refractivity contribution is 5.80. The lowest BCUT2D eigenvalue weighted by atomic mass is 9.93. The molecule has 1 atom stereocenters. The van der Waals surface area contributed by atoms with Crippen LogP contribution >= 0.6 is 0 Å². The molecule has 0 radical (unpaired) electrons. The highest BCUT2D eigenvalue weighted by Gasteiger charge is 2.30. The third-order valence-corrected chi connectivity index (χ3v) is 4.90. The smallest absolute Gasteiger partial charge is 0.235 e. The second-order valence-corrected chi connectivity index (χ2v) is 6.74. The minimum Gasteiger partial charge on any atom is -0.368 e. The van der Waals surface area contributed by atoms with Gasteiger partial charge in [-0.1, -0.05) is 24.3 Å². The fourth-order valence-electron chi connectivity index (χ4n) is 3.67. The van der Waals surface area contributed by atoms with Crippen LogP contribution in [0.15, 0.2) is 36.5 Å². The Morgan fingerprint density at radius 1 is 1.28 bits per heavy atom. The Balaban J connectivity index is 1.71. The van der Waals surface area contributed by atoms with Gasteiger partial charge in [-0.3, -0.25) is 9.69 Å². The van der Waals surface area contributed by atoms with Crippen molar-refractivity contribution in [2.45, 2.75) is 39.4 Å². The molecule has 128 valence electrons. The second kappa shape index (κ2) is 5.97. The summed E-state index contributed by atoms with van der Waals surface area (Å²) in [6.07, 6.45) is 2.49. The molecule has 2 N–H and O–H groups in total. The third kappa shape index (κ3) is 2.78. The molecular formula is C19H21N5O. The minimum atomic E-state index is -0.309. The molecule has 0 aliphatic carbocycles. The van der Waals surface area contributed by atoms with Crippen molar-refractivity contribution in [2.24, 2.45) is 5.73 Å². The first-order valence-electron chi connectivity index (χ1n) is 8.44. The molecule has 1 aliphatic heterocycles. The van der Waals surface area contributed by atoms with E-state index in [0.29, 0.717) is 19.5 Å². The van der Waals surface area contributed by atoms with Crippen LogP contribution in [0.3, 0.4) is 0 Å². The van der Waals surface area contributed by atoms with Gasteiger partial charge in [0.15, 0.2) is 5.65 Å². The van der Waals surface area contributed by atoms with E-state index in [1.165, 1.54) is 11.1 Å². The average molecular weight is 335 g/mol. The lowest BCUT2D eigenvalue weighted by molar-refractivity contribution is -0.124. The number of benzene rings is 1. The molecule has 0 fully saturated rings. The van der Waals surface area contributed by atoms with Crippen LogP contribution in [0.1, 0.15) is 28.1 Å². The van der Waals surface area contributed by atoms with Gasteiger partial charge in [0.1, 0.15) is 0 Å².